The molecule has 0 aliphatic heterocycles. The number of nitrogens with zero attached hydrogens (tertiary/aromatic N) is 1. The molecule has 208 valence electrons. The van der Waals surface area contributed by atoms with Crippen LogP contribution in [0.1, 0.15) is 0 Å². The topological polar surface area (TPSA) is 366 Å². The SMILES string of the molecule is O=CC(O)C(O)C(O)C(O)CO.O=[N+]([O-])[O-].OCC(O)C(O)C(O)C(O)CO.OCC(O)CO.[K+]. The van der Waals surface area contributed by atoms with Crippen molar-refractivity contribution in [3.8, 4) is 0 Å². The maximum Gasteiger partial charge on any atom is 1.00 e. The Balaban J connectivity index is -0.000000123. The van der Waals surface area contributed by atoms with Crippen LogP contribution in [0.5, 0.6) is 0 Å². The van der Waals surface area contributed by atoms with Gasteiger partial charge in [-0.2, -0.15) is 0 Å². The van der Waals surface area contributed by atoms with E-state index in [-0.39, 0.29) is 70.9 Å². The van der Waals surface area contributed by atoms with E-state index in [4.69, 9.17) is 86.8 Å². The van der Waals surface area contributed by atoms with Gasteiger partial charge >= 0.3 is 51.4 Å². The zero-order valence-electron chi connectivity index (χ0n) is 18.7. The number of carbonyl (C=O) groups is 1. The minimum Gasteiger partial charge on any atom is -0.394 e. The number of aliphatic hydroxyl groups excluding tert-OH is 14. The molecule has 14 N–H and O–H groups in total. The van der Waals surface area contributed by atoms with E-state index in [1.807, 2.05) is 0 Å². The molecule has 0 rings (SSSR count). The summed E-state index contributed by atoms with van der Waals surface area (Å²) in [5, 5.41) is 134. The van der Waals surface area contributed by atoms with E-state index in [9.17, 15) is 4.79 Å². The maximum atomic E-state index is 9.90. The Bertz CT molecular complexity index is 457. The summed E-state index contributed by atoms with van der Waals surface area (Å²) in [4.78, 5) is 18.1. The van der Waals surface area contributed by atoms with Gasteiger partial charge in [-0.05, 0) is 0 Å². The van der Waals surface area contributed by atoms with Crippen LogP contribution in [0, 0.1) is 15.3 Å². The van der Waals surface area contributed by atoms with Crippen molar-refractivity contribution >= 4 is 6.29 Å². The number of hydrogen-bond acceptors (Lipinski definition) is 18. The van der Waals surface area contributed by atoms with Gasteiger partial charge in [-0.25, -0.2) is 0 Å². The quantitative estimate of drug-likeness (QED) is 0.0459. The van der Waals surface area contributed by atoms with Gasteiger partial charge in [0.2, 0.25) is 0 Å². The van der Waals surface area contributed by atoms with E-state index in [1.165, 1.54) is 0 Å². The fraction of sp³-hybridized carbons (Fsp3) is 0.933. The molecule has 0 bridgehead atoms. The molecule has 0 aromatic rings. The van der Waals surface area contributed by atoms with Gasteiger partial charge in [0.1, 0.15) is 54.9 Å². The van der Waals surface area contributed by atoms with Crippen molar-refractivity contribution in [1.29, 1.82) is 0 Å². The Morgan fingerprint density at radius 3 is 0.943 bits per heavy atom. The Labute approximate surface area is 240 Å². The summed E-state index contributed by atoms with van der Waals surface area (Å²) in [6.07, 6.45) is -14.2. The third-order valence-electron chi connectivity index (χ3n) is 3.35. The molecule has 0 aromatic carbocycles. The second kappa shape index (κ2) is 28.5. The van der Waals surface area contributed by atoms with Crippen LogP contribution in [0.4, 0.5) is 0 Å². The molecule has 0 amide bonds. The molecule has 20 heteroatoms. The smallest absolute Gasteiger partial charge is 0.394 e. The van der Waals surface area contributed by atoms with Gasteiger partial charge < -0.3 is 91.6 Å². The van der Waals surface area contributed by atoms with Crippen LogP contribution in [-0.2, 0) is 4.79 Å². The van der Waals surface area contributed by atoms with E-state index >= 15 is 0 Å². The zero-order valence-corrected chi connectivity index (χ0v) is 21.8. The first kappa shape index (κ1) is 44.9. The summed E-state index contributed by atoms with van der Waals surface area (Å²) in [6, 6.07) is 0. The van der Waals surface area contributed by atoms with Crippen molar-refractivity contribution in [2.75, 3.05) is 33.0 Å². The van der Waals surface area contributed by atoms with E-state index in [0.29, 0.717) is 0 Å². The molecule has 0 saturated carbocycles. The largest absolute Gasteiger partial charge is 1.00 e. The van der Waals surface area contributed by atoms with E-state index < -0.39 is 79.8 Å². The van der Waals surface area contributed by atoms with Gasteiger partial charge in [-0.3, -0.25) is 0 Å². The van der Waals surface area contributed by atoms with Crippen LogP contribution in [0.15, 0.2) is 0 Å². The van der Waals surface area contributed by atoms with Gasteiger partial charge in [0.25, 0.3) is 0 Å². The fourth-order valence-electron chi connectivity index (χ4n) is 1.35. The van der Waals surface area contributed by atoms with E-state index in [1.54, 1.807) is 0 Å². The van der Waals surface area contributed by atoms with Crippen LogP contribution in [0.25, 0.3) is 0 Å². The van der Waals surface area contributed by atoms with E-state index in [0.717, 1.165) is 0 Å². The summed E-state index contributed by atoms with van der Waals surface area (Å²) >= 11 is 0. The van der Waals surface area contributed by atoms with E-state index in [2.05, 4.69) is 0 Å². The molecule has 0 fully saturated rings. The Kier molecular flexibility index (Phi) is 36.6. The molecule has 0 saturated heterocycles. The van der Waals surface area contributed by atoms with Crippen LogP contribution in [0.2, 0.25) is 0 Å². The number of hydrogen-bond donors (Lipinski definition) is 14. The second-order valence-electron chi connectivity index (χ2n) is 6.08. The van der Waals surface area contributed by atoms with Crippen molar-refractivity contribution in [2.24, 2.45) is 0 Å². The van der Waals surface area contributed by atoms with Gasteiger partial charge in [-0.15, -0.1) is 0 Å². The molecule has 0 heterocycles. The first-order valence-electron chi connectivity index (χ1n) is 9.06. The average molecular weight is 556 g/mol. The molecule has 8 atom stereocenters. The van der Waals surface area contributed by atoms with Gasteiger partial charge in [-0.1, -0.05) is 0 Å². The second-order valence-corrected chi connectivity index (χ2v) is 6.08. The maximum absolute atomic E-state index is 9.90. The standard InChI is InChI=1S/C6H14O6.C6H12O6.C3H8O3.K.NO3/c2*7-1-3(9)5(11)6(12)4(10)2-8;4-1-3(6)2-5;;2-1(3)4/h3-12H,1-2H2;1,3-6,8-12H,2H2;3-6H,1-2H2;;/q;;;+1;-1. The van der Waals surface area contributed by atoms with Crippen molar-refractivity contribution in [2.45, 2.75) is 54.9 Å². The minimum absolute atomic E-state index is 0. The van der Waals surface area contributed by atoms with Crippen LogP contribution >= 0.6 is 0 Å². The Hall–Kier alpha value is -0.0536. The molecule has 8 unspecified atom stereocenters. The Morgan fingerprint density at radius 1 is 0.571 bits per heavy atom. The molecule has 0 aromatic heterocycles. The average Bonchev–Trinajstić information content (AvgIpc) is 2.84. The first-order chi connectivity index (χ1) is 15.6. The van der Waals surface area contributed by atoms with Gasteiger partial charge in [0.15, 0.2) is 6.29 Å². The normalized spacial score (nSPS) is 17.0. The summed E-state index contributed by atoms with van der Waals surface area (Å²) < 4.78 is 0. The predicted molar refractivity (Wildman–Crippen MR) is 106 cm³/mol. The number of carbonyl (C=O) groups excluding carboxylic acids is 1. The minimum atomic E-state index is -1.79. The summed E-state index contributed by atoms with van der Waals surface area (Å²) in [7, 11) is 0. The molecular weight excluding hydrogens is 521 g/mol. The summed E-state index contributed by atoms with van der Waals surface area (Å²) in [5.74, 6) is 0. The molecule has 0 radical (unpaired) electrons. The molecule has 0 aliphatic rings. The van der Waals surface area contributed by atoms with Crippen molar-refractivity contribution < 1.29 is 133 Å². The van der Waals surface area contributed by atoms with Crippen LogP contribution in [-0.4, -0.2) is 171 Å². The number of aliphatic hydroxyl groups is 14. The molecule has 35 heavy (non-hydrogen) atoms. The fourth-order valence-corrected chi connectivity index (χ4v) is 1.35. The van der Waals surface area contributed by atoms with Crippen LogP contribution in [0.3, 0.4) is 0 Å². The van der Waals surface area contributed by atoms with Gasteiger partial charge in [0.05, 0.1) is 38.1 Å². The van der Waals surface area contributed by atoms with Crippen LogP contribution < -0.4 is 51.4 Å². The zero-order chi connectivity index (χ0) is 28.0. The summed E-state index contributed by atoms with van der Waals surface area (Å²) in [5.41, 5.74) is 0. The summed E-state index contributed by atoms with van der Waals surface area (Å²) in [6.45, 7) is -2.94. The Morgan fingerprint density at radius 2 is 0.800 bits per heavy atom. The third kappa shape index (κ3) is 26.8. The third-order valence-corrected chi connectivity index (χ3v) is 3.35. The van der Waals surface area contributed by atoms with Crippen molar-refractivity contribution in [3.05, 3.63) is 15.3 Å². The number of aldehydes is 1. The molecule has 0 aliphatic carbocycles. The van der Waals surface area contributed by atoms with Gasteiger partial charge in [0, 0.05) is 0 Å². The molecule has 0 spiro atoms. The number of rotatable bonds is 12. The molecule has 19 nitrogen and oxygen atoms in total. The monoisotopic (exact) mass is 555 g/mol. The van der Waals surface area contributed by atoms with Crippen molar-refractivity contribution in [1.82, 2.24) is 0 Å². The predicted octanol–water partition coefficient (Wildman–Crippen LogP) is -11.9. The molecular formula is C15H34KNO18. The van der Waals surface area contributed by atoms with Crippen molar-refractivity contribution in [3.63, 3.8) is 0 Å². The first-order valence-corrected chi connectivity index (χ1v) is 9.06.